The molecule has 4 nitrogen and oxygen atoms in total. The highest BCUT2D eigenvalue weighted by Gasteiger charge is 2.16. The summed E-state index contributed by atoms with van der Waals surface area (Å²) in [5.41, 5.74) is 2.12. The van der Waals surface area contributed by atoms with Gasteiger partial charge in [-0.2, -0.15) is 0 Å². The van der Waals surface area contributed by atoms with Crippen LogP contribution in [0.25, 0.3) is 0 Å². The number of hydrogen-bond acceptors (Lipinski definition) is 3. The Morgan fingerprint density at radius 1 is 1.60 bits per heavy atom. The molecule has 1 heterocycles. The first-order valence-corrected chi connectivity index (χ1v) is 4.84. The number of carboxylic acids is 1. The molecule has 1 rings (SSSR count). The quantitative estimate of drug-likeness (QED) is 0.810. The van der Waals surface area contributed by atoms with Gasteiger partial charge in [0, 0.05) is 18.9 Å². The van der Waals surface area contributed by atoms with Crippen molar-refractivity contribution in [3.05, 3.63) is 29.6 Å². The standard InChI is InChI=1S/C11H16N2O2/c1-8-4-10(6-12-5-8)7-13(3)9(2)11(14)15/h4-6,9H,7H2,1-3H3,(H,14,15). The van der Waals surface area contributed by atoms with Crippen LogP contribution in [0.5, 0.6) is 0 Å². The van der Waals surface area contributed by atoms with Crippen LogP contribution in [-0.2, 0) is 11.3 Å². The summed E-state index contributed by atoms with van der Waals surface area (Å²) in [7, 11) is 1.79. The topological polar surface area (TPSA) is 53.4 Å². The summed E-state index contributed by atoms with van der Waals surface area (Å²) in [6.45, 7) is 4.24. The van der Waals surface area contributed by atoms with Crippen molar-refractivity contribution >= 4 is 5.97 Å². The number of nitrogens with zero attached hydrogens (tertiary/aromatic N) is 2. The zero-order valence-electron chi connectivity index (χ0n) is 9.27. The summed E-state index contributed by atoms with van der Waals surface area (Å²) in [5, 5.41) is 8.83. The third kappa shape index (κ3) is 3.32. The lowest BCUT2D eigenvalue weighted by Crippen LogP contribution is -2.35. The van der Waals surface area contributed by atoms with Crippen molar-refractivity contribution in [1.82, 2.24) is 9.88 Å². The number of likely N-dealkylation sites (N-methyl/N-ethyl adjacent to an activating group) is 1. The Balaban J connectivity index is 2.66. The molecule has 15 heavy (non-hydrogen) atoms. The molecule has 0 bridgehead atoms. The van der Waals surface area contributed by atoms with Crippen molar-refractivity contribution in [3.8, 4) is 0 Å². The van der Waals surface area contributed by atoms with E-state index in [1.807, 2.05) is 13.0 Å². The minimum Gasteiger partial charge on any atom is -0.480 e. The van der Waals surface area contributed by atoms with E-state index in [4.69, 9.17) is 5.11 Å². The lowest BCUT2D eigenvalue weighted by atomic mass is 10.2. The summed E-state index contributed by atoms with van der Waals surface area (Å²) in [6.07, 6.45) is 3.54. The van der Waals surface area contributed by atoms with Gasteiger partial charge in [0.1, 0.15) is 6.04 Å². The number of hydrogen-bond donors (Lipinski definition) is 1. The monoisotopic (exact) mass is 208 g/mol. The van der Waals surface area contributed by atoms with Gasteiger partial charge in [-0.05, 0) is 32.0 Å². The van der Waals surface area contributed by atoms with Crippen LogP contribution < -0.4 is 0 Å². The molecule has 82 valence electrons. The maximum Gasteiger partial charge on any atom is 0.320 e. The molecule has 1 aromatic rings. The zero-order chi connectivity index (χ0) is 11.4. The SMILES string of the molecule is Cc1cncc(CN(C)C(C)C(=O)O)c1. The Kier molecular flexibility index (Phi) is 3.80. The van der Waals surface area contributed by atoms with Crippen LogP contribution in [0.15, 0.2) is 18.5 Å². The van der Waals surface area contributed by atoms with E-state index in [-0.39, 0.29) is 0 Å². The van der Waals surface area contributed by atoms with E-state index in [0.717, 1.165) is 11.1 Å². The van der Waals surface area contributed by atoms with E-state index >= 15 is 0 Å². The van der Waals surface area contributed by atoms with Crippen LogP contribution in [0.1, 0.15) is 18.1 Å². The highest BCUT2D eigenvalue weighted by atomic mass is 16.4. The number of carboxylic acid groups (broad SMARTS) is 1. The molecule has 1 aromatic heterocycles. The number of aromatic nitrogens is 1. The third-order valence-corrected chi connectivity index (χ3v) is 2.38. The molecule has 0 fully saturated rings. The molecule has 1 unspecified atom stereocenters. The maximum atomic E-state index is 10.7. The predicted molar refractivity (Wildman–Crippen MR) is 57.5 cm³/mol. The van der Waals surface area contributed by atoms with E-state index in [1.54, 1.807) is 31.3 Å². The van der Waals surface area contributed by atoms with Crippen molar-refractivity contribution in [1.29, 1.82) is 0 Å². The van der Waals surface area contributed by atoms with Crippen molar-refractivity contribution in [2.75, 3.05) is 7.05 Å². The molecule has 4 heteroatoms. The summed E-state index contributed by atoms with van der Waals surface area (Å²) < 4.78 is 0. The molecule has 0 radical (unpaired) electrons. The molecule has 0 saturated carbocycles. The molecular weight excluding hydrogens is 192 g/mol. The Hall–Kier alpha value is -1.42. The van der Waals surface area contributed by atoms with Crippen molar-refractivity contribution in [2.45, 2.75) is 26.4 Å². The number of rotatable bonds is 4. The summed E-state index contributed by atoms with van der Waals surface area (Å²) >= 11 is 0. The second-order valence-electron chi connectivity index (χ2n) is 3.80. The smallest absolute Gasteiger partial charge is 0.320 e. The first kappa shape index (κ1) is 11.7. The van der Waals surface area contributed by atoms with Crippen molar-refractivity contribution < 1.29 is 9.90 Å². The summed E-state index contributed by atoms with van der Waals surface area (Å²) in [5.74, 6) is -0.807. The lowest BCUT2D eigenvalue weighted by Gasteiger charge is -2.20. The van der Waals surface area contributed by atoms with Gasteiger partial charge >= 0.3 is 5.97 Å². The number of aryl methyl sites for hydroxylation is 1. The van der Waals surface area contributed by atoms with Crippen molar-refractivity contribution in [2.24, 2.45) is 0 Å². The Morgan fingerprint density at radius 3 is 2.80 bits per heavy atom. The van der Waals surface area contributed by atoms with Gasteiger partial charge < -0.3 is 5.11 Å². The number of pyridine rings is 1. The molecule has 0 aromatic carbocycles. The van der Waals surface area contributed by atoms with E-state index in [2.05, 4.69) is 4.98 Å². The highest BCUT2D eigenvalue weighted by molar-refractivity contribution is 5.72. The molecule has 0 saturated heterocycles. The Bertz CT molecular complexity index is 352. The van der Waals surface area contributed by atoms with E-state index in [1.165, 1.54) is 0 Å². The second kappa shape index (κ2) is 4.89. The first-order valence-electron chi connectivity index (χ1n) is 4.84. The Labute approximate surface area is 89.6 Å². The fourth-order valence-electron chi connectivity index (χ4n) is 1.32. The maximum absolute atomic E-state index is 10.7. The number of carbonyl (C=O) groups is 1. The zero-order valence-corrected chi connectivity index (χ0v) is 9.27. The summed E-state index contributed by atoms with van der Waals surface area (Å²) in [4.78, 5) is 16.6. The van der Waals surface area contributed by atoms with Crippen LogP contribution in [0.2, 0.25) is 0 Å². The average molecular weight is 208 g/mol. The highest BCUT2D eigenvalue weighted by Crippen LogP contribution is 2.07. The second-order valence-corrected chi connectivity index (χ2v) is 3.80. The predicted octanol–water partition coefficient (Wildman–Crippen LogP) is 1.29. The van der Waals surface area contributed by atoms with E-state index in [0.29, 0.717) is 6.54 Å². The summed E-state index contributed by atoms with van der Waals surface area (Å²) in [6, 6.07) is 1.53. The molecule has 0 aliphatic heterocycles. The van der Waals surface area contributed by atoms with Crippen LogP contribution >= 0.6 is 0 Å². The number of aliphatic carboxylic acids is 1. The average Bonchev–Trinajstić information content (AvgIpc) is 2.16. The van der Waals surface area contributed by atoms with Crippen LogP contribution in [0, 0.1) is 6.92 Å². The minimum atomic E-state index is -0.807. The van der Waals surface area contributed by atoms with Gasteiger partial charge in [-0.3, -0.25) is 14.7 Å². The first-order chi connectivity index (χ1) is 7.00. The minimum absolute atomic E-state index is 0.481. The normalized spacial score (nSPS) is 12.8. The molecule has 0 amide bonds. The molecule has 1 N–H and O–H groups in total. The lowest BCUT2D eigenvalue weighted by molar-refractivity contribution is -0.142. The van der Waals surface area contributed by atoms with E-state index in [9.17, 15) is 4.79 Å². The molecule has 0 spiro atoms. The van der Waals surface area contributed by atoms with Crippen LogP contribution in [0.4, 0.5) is 0 Å². The van der Waals surface area contributed by atoms with Gasteiger partial charge in [0.25, 0.3) is 0 Å². The fourth-order valence-corrected chi connectivity index (χ4v) is 1.32. The van der Waals surface area contributed by atoms with Crippen LogP contribution in [-0.4, -0.2) is 34.0 Å². The molecule has 0 aliphatic rings. The third-order valence-electron chi connectivity index (χ3n) is 2.38. The van der Waals surface area contributed by atoms with Gasteiger partial charge in [0.05, 0.1) is 0 Å². The fraction of sp³-hybridized carbons (Fsp3) is 0.455. The van der Waals surface area contributed by atoms with Gasteiger partial charge in [-0.25, -0.2) is 0 Å². The van der Waals surface area contributed by atoms with Gasteiger partial charge in [0.15, 0.2) is 0 Å². The van der Waals surface area contributed by atoms with Crippen LogP contribution in [0.3, 0.4) is 0 Å². The molecule has 0 aliphatic carbocycles. The van der Waals surface area contributed by atoms with Gasteiger partial charge in [-0.1, -0.05) is 6.07 Å². The van der Waals surface area contributed by atoms with Gasteiger partial charge in [-0.15, -0.1) is 0 Å². The molecule has 1 atom stereocenters. The van der Waals surface area contributed by atoms with E-state index < -0.39 is 12.0 Å². The largest absolute Gasteiger partial charge is 0.480 e. The van der Waals surface area contributed by atoms with Crippen molar-refractivity contribution in [3.63, 3.8) is 0 Å². The Morgan fingerprint density at radius 2 is 2.27 bits per heavy atom. The molecular formula is C11H16N2O2. The van der Waals surface area contributed by atoms with Gasteiger partial charge in [0.2, 0.25) is 0 Å².